The van der Waals surface area contributed by atoms with Crippen LogP contribution < -0.4 is 5.73 Å². The molecule has 0 fully saturated rings. The lowest BCUT2D eigenvalue weighted by atomic mass is 10.7. The van der Waals surface area contributed by atoms with Gasteiger partial charge in [0.2, 0.25) is 0 Å². The molecule has 0 aromatic heterocycles. The van der Waals surface area contributed by atoms with Gasteiger partial charge in [0.15, 0.2) is 0 Å². The molecule has 2 heteroatoms. The van der Waals surface area contributed by atoms with Crippen molar-refractivity contribution in [1.29, 1.82) is 0 Å². The molecule has 0 atom stereocenters. The maximum absolute atomic E-state index is 6.49. The number of nitrogens with two attached hydrogens (primary N) is 1. The van der Waals surface area contributed by atoms with Crippen molar-refractivity contribution in [2.24, 2.45) is 5.73 Å². The minimum absolute atomic E-state index is 0.0938. The Bertz CT molecular complexity index is 62.0. The van der Waals surface area contributed by atoms with Gasteiger partial charge >= 0.3 is 0 Å². The van der Waals surface area contributed by atoms with Gasteiger partial charge in [-0.1, -0.05) is 0 Å². The third-order valence-electron chi connectivity index (χ3n) is 0.220. The topological polar surface area (TPSA) is 35.2 Å². The fourth-order valence-electron chi connectivity index (χ4n) is 0.0589. The van der Waals surface area contributed by atoms with Crippen LogP contribution in [0.2, 0.25) is 0 Å². The Morgan fingerprint density at radius 2 is 3.00 bits per heavy atom. The quantitative estimate of drug-likeness (QED) is 0.487. The zero-order valence-electron chi connectivity index (χ0n) is 5.90. The van der Waals surface area contributed by atoms with Crippen LogP contribution in [0.5, 0.6) is 0 Å². The van der Waals surface area contributed by atoms with Gasteiger partial charge in [-0.05, 0) is 0 Å². The van der Waals surface area contributed by atoms with Gasteiger partial charge in [0, 0.05) is 13.6 Å². The molecule has 2 nitrogen and oxygen atoms in total. The van der Waals surface area contributed by atoms with Gasteiger partial charge in [-0.3, -0.25) is 0 Å². The van der Waals surface area contributed by atoms with Crippen molar-refractivity contribution in [3.05, 3.63) is 0 Å². The zero-order valence-corrected chi connectivity index (χ0v) is 2.90. The Balaban J connectivity index is 3.11. The molecule has 0 spiro atoms. The molecule has 0 saturated heterocycles. The molecule has 0 aliphatic carbocycles. The van der Waals surface area contributed by atoms with Crippen LogP contribution in [0.1, 0.15) is 4.11 Å². The fraction of sp³-hybridized carbons (Fsp3) is 1.00. The third kappa shape index (κ3) is 3.92. The van der Waals surface area contributed by atoms with E-state index in [1.54, 1.807) is 0 Å². The monoisotopic (exact) mass is 78.1 g/mol. The first kappa shape index (κ1) is 1.58. The van der Waals surface area contributed by atoms with Crippen LogP contribution in [-0.2, 0) is 4.74 Å². The standard InChI is InChI=1S/C3H9NO/c1-5-3-2-4/h2-4H2,1H3/i1D3. The highest BCUT2D eigenvalue weighted by atomic mass is 16.5. The second kappa shape index (κ2) is 3.92. The molecule has 0 radical (unpaired) electrons. The van der Waals surface area contributed by atoms with E-state index in [4.69, 9.17) is 9.85 Å². The van der Waals surface area contributed by atoms with Crippen molar-refractivity contribution in [1.82, 2.24) is 0 Å². The lowest BCUT2D eigenvalue weighted by molar-refractivity contribution is 0.207. The van der Waals surface area contributed by atoms with Gasteiger partial charge in [-0.15, -0.1) is 0 Å². The van der Waals surface area contributed by atoms with Crippen LogP contribution in [0.3, 0.4) is 0 Å². The van der Waals surface area contributed by atoms with Gasteiger partial charge in [0.1, 0.15) is 0 Å². The predicted octanol–water partition coefficient (Wildman–Crippen LogP) is -0.409. The molecule has 0 heterocycles. The number of ether oxygens (including phenoxy) is 1. The maximum atomic E-state index is 6.49. The van der Waals surface area contributed by atoms with Gasteiger partial charge in [0.25, 0.3) is 0 Å². The van der Waals surface area contributed by atoms with Gasteiger partial charge < -0.3 is 10.5 Å². The highest BCUT2D eigenvalue weighted by Gasteiger charge is 1.65. The van der Waals surface area contributed by atoms with E-state index in [9.17, 15) is 0 Å². The smallest absolute Gasteiger partial charge is 0.0584 e. The Kier molecular flexibility index (Phi) is 1.24. The highest BCUT2D eigenvalue weighted by Crippen LogP contribution is 1.53. The summed E-state index contributed by atoms with van der Waals surface area (Å²) in [5.74, 6) is 0. The Labute approximate surface area is 36.1 Å². The van der Waals surface area contributed by atoms with E-state index in [1.807, 2.05) is 0 Å². The molecule has 0 amide bonds. The normalized spacial score (nSPS) is 19.8. The molecule has 5 heavy (non-hydrogen) atoms. The average Bonchev–Trinajstić information content (AvgIpc) is 1.59. The summed E-state index contributed by atoms with van der Waals surface area (Å²) in [6, 6.07) is 0. The Hall–Kier alpha value is -0.0800. The number of hydrogen-bond acceptors (Lipinski definition) is 2. The van der Waals surface area contributed by atoms with Crippen LogP contribution in [0.25, 0.3) is 0 Å². The van der Waals surface area contributed by atoms with Crippen LogP contribution >= 0.6 is 0 Å². The number of hydrogen-bond donors (Lipinski definition) is 1. The van der Waals surface area contributed by atoms with E-state index in [1.165, 1.54) is 0 Å². The summed E-state index contributed by atoms with van der Waals surface area (Å²) in [7, 11) is -2.28. The first-order valence-electron chi connectivity index (χ1n) is 2.90. The van der Waals surface area contributed by atoms with E-state index >= 15 is 0 Å². The van der Waals surface area contributed by atoms with E-state index < -0.39 is 7.04 Å². The molecule has 0 bridgehead atoms. The summed E-state index contributed by atoms with van der Waals surface area (Å²) in [6.45, 7) is 0.342. The summed E-state index contributed by atoms with van der Waals surface area (Å²) in [6.07, 6.45) is 0. The molecule has 0 aliphatic rings. The fourth-order valence-corrected chi connectivity index (χ4v) is 0.0589. The van der Waals surface area contributed by atoms with Gasteiger partial charge in [0.05, 0.1) is 10.7 Å². The largest absolute Gasteiger partial charge is 0.383 e. The molecule has 0 rings (SSSR count). The van der Waals surface area contributed by atoms with Crippen LogP contribution in [0, 0.1) is 0 Å². The van der Waals surface area contributed by atoms with Crippen molar-refractivity contribution in [3.63, 3.8) is 0 Å². The summed E-state index contributed by atoms with van der Waals surface area (Å²) < 4.78 is 23.7. The second-order valence-electron chi connectivity index (χ2n) is 0.637. The van der Waals surface area contributed by atoms with Crippen molar-refractivity contribution in [3.8, 4) is 0 Å². The van der Waals surface area contributed by atoms with Crippen LogP contribution in [-0.4, -0.2) is 20.2 Å². The first-order chi connectivity index (χ1) is 3.56. The molecule has 0 saturated carbocycles. The van der Waals surface area contributed by atoms with Crippen LogP contribution in [0.4, 0.5) is 0 Å². The SMILES string of the molecule is [2H]C([2H])([2H])OCCN. The Morgan fingerprint density at radius 3 is 3.20 bits per heavy atom. The molecular weight excluding hydrogens is 66.0 g/mol. The lowest BCUT2D eigenvalue weighted by Gasteiger charge is -1.85. The Morgan fingerprint density at radius 1 is 2.20 bits per heavy atom. The number of methoxy groups -OCH3 is 1. The van der Waals surface area contributed by atoms with E-state index in [0.717, 1.165) is 0 Å². The average molecular weight is 78.1 g/mol. The maximum Gasteiger partial charge on any atom is 0.0584 e. The minimum Gasteiger partial charge on any atom is -0.383 e. The van der Waals surface area contributed by atoms with Crippen molar-refractivity contribution >= 4 is 0 Å². The van der Waals surface area contributed by atoms with Gasteiger partial charge in [-0.25, -0.2) is 0 Å². The molecular formula is C3H9NO. The summed E-state index contributed by atoms with van der Waals surface area (Å²) in [5, 5.41) is 0. The van der Waals surface area contributed by atoms with E-state index in [2.05, 4.69) is 4.74 Å². The minimum atomic E-state index is -2.28. The highest BCUT2D eigenvalue weighted by molar-refractivity contribution is 4.22. The van der Waals surface area contributed by atoms with Crippen molar-refractivity contribution in [2.75, 3.05) is 20.2 Å². The molecule has 0 aromatic carbocycles. The molecule has 2 N–H and O–H groups in total. The first-order valence-corrected chi connectivity index (χ1v) is 1.40. The number of rotatable bonds is 2. The molecule has 32 valence electrons. The second-order valence-corrected chi connectivity index (χ2v) is 0.637. The summed E-state index contributed by atoms with van der Waals surface area (Å²) >= 11 is 0. The van der Waals surface area contributed by atoms with Crippen molar-refractivity contribution in [2.45, 2.75) is 0 Å². The molecule has 0 unspecified atom stereocenters. The van der Waals surface area contributed by atoms with E-state index in [0.29, 0.717) is 0 Å². The zero-order chi connectivity index (χ0) is 6.62. The summed E-state index contributed by atoms with van der Waals surface area (Å²) in [4.78, 5) is 0. The lowest BCUT2D eigenvalue weighted by Crippen LogP contribution is -2.05. The predicted molar refractivity (Wildman–Crippen MR) is 20.9 cm³/mol. The third-order valence-corrected chi connectivity index (χ3v) is 0.220. The van der Waals surface area contributed by atoms with E-state index in [-0.39, 0.29) is 13.2 Å². The molecule has 0 aliphatic heterocycles. The summed E-state index contributed by atoms with van der Waals surface area (Å²) in [5.41, 5.74) is 4.96. The molecule has 0 aromatic rings. The van der Waals surface area contributed by atoms with Crippen molar-refractivity contribution < 1.29 is 8.85 Å². The van der Waals surface area contributed by atoms with Gasteiger partial charge in [-0.2, -0.15) is 0 Å². The van der Waals surface area contributed by atoms with Crippen LogP contribution in [0.15, 0.2) is 0 Å².